The minimum atomic E-state index is -1.23. The van der Waals surface area contributed by atoms with Crippen LogP contribution >= 0.6 is 0 Å². The third-order valence-electron chi connectivity index (χ3n) is 4.12. The molecule has 3 atom stereocenters. The summed E-state index contributed by atoms with van der Waals surface area (Å²) in [5.41, 5.74) is 0. The van der Waals surface area contributed by atoms with Crippen LogP contribution in [-0.2, 0) is 9.59 Å². The summed E-state index contributed by atoms with van der Waals surface area (Å²) >= 11 is 0.779. The van der Waals surface area contributed by atoms with Gasteiger partial charge in [0.2, 0.25) is 0 Å². The van der Waals surface area contributed by atoms with E-state index in [9.17, 15) is 14.7 Å². The fourth-order valence-electron chi connectivity index (χ4n) is 2.11. The Morgan fingerprint density at radius 3 is 1.58 bits per heavy atom. The van der Waals surface area contributed by atoms with Crippen molar-refractivity contribution in [3.8, 4) is 0 Å². The molecule has 24 heavy (non-hydrogen) atoms. The zero-order valence-corrected chi connectivity index (χ0v) is 18.0. The average Bonchev–Trinajstić information content (AvgIpc) is 2.52. The van der Waals surface area contributed by atoms with E-state index in [4.69, 9.17) is 10.2 Å². The second-order valence-corrected chi connectivity index (χ2v) is 7.83. The van der Waals surface area contributed by atoms with Gasteiger partial charge in [-0.1, -0.05) is 6.92 Å². The molecule has 3 unspecified atom stereocenters. The molecule has 0 fully saturated rings. The van der Waals surface area contributed by atoms with Crippen molar-refractivity contribution in [1.29, 1.82) is 0 Å². The van der Waals surface area contributed by atoms with Crippen LogP contribution in [0.1, 0.15) is 85.0 Å². The van der Waals surface area contributed by atoms with Gasteiger partial charge in [0.15, 0.2) is 0 Å². The summed E-state index contributed by atoms with van der Waals surface area (Å²) in [7, 11) is 0. The zero-order chi connectivity index (χ0) is 19.0. The third-order valence-corrected chi connectivity index (χ3v) is 5.72. The second-order valence-electron chi connectivity index (χ2n) is 6.59. The number of carbonyl (C=O) groups is 2. The van der Waals surface area contributed by atoms with Crippen LogP contribution in [0.5, 0.6) is 0 Å². The molecule has 3 N–H and O–H groups in total. The molecule has 0 saturated carbocycles. The molecule has 6 heteroatoms. The van der Waals surface area contributed by atoms with Gasteiger partial charge >= 0.3 is 130 Å². The topological polar surface area (TPSA) is 94.8 Å². The van der Waals surface area contributed by atoms with Crippen LogP contribution < -0.4 is 0 Å². The van der Waals surface area contributed by atoms with E-state index in [1.54, 1.807) is 6.92 Å². The molecule has 0 saturated heterocycles. The van der Waals surface area contributed by atoms with Crippen LogP contribution in [0.4, 0.5) is 0 Å². The van der Waals surface area contributed by atoms with E-state index in [1.807, 2.05) is 0 Å². The molecule has 0 aromatic carbocycles. The summed E-state index contributed by atoms with van der Waals surface area (Å²) in [5, 5.41) is 25.1. The summed E-state index contributed by atoms with van der Waals surface area (Å²) in [4.78, 5) is 21.1. The first-order chi connectivity index (χ1) is 11.2. The first-order valence-electron chi connectivity index (χ1n) is 9.35. The van der Waals surface area contributed by atoms with E-state index < -0.39 is 18.2 Å². The van der Waals surface area contributed by atoms with Gasteiger partial charge < -0.3 is 10.2 Å². The Kier molecular flexibility index (Phi) is 19.6. The van der Waals surface area contributed by atoms with Gasteiger partial charge in [0.25, 0.3) is 0 Å². The third kappa shape index (κ3) is 18.4. The van der Waals surface area contributed by atoms with Crippen molar-refractivity contribution in [2.45, 2.75) is 100 Å². The van der Waals surface area contributed by atoms with Crippen LogP contribution in [0.3, 0.4) is 0 Å². The van der Waals surface area contributed by atoms with Gasteiger partial charge in [-0.05, 0) is 6.92 Å². The Hall–Kier alpha value is 0.0600. The number of hydrogen-bond donors (Lipinski definition) is 3. The first kappa shape index (κ1) is 26.3. The quantitative estimate of drug-likeness (QED) is 0.348. The Bertz CT molecular complexity index is 319. The number of unbranched alkanes of at least 4 members (excludes halogenated alkanes) is 8. The predicted octanol–water partition coefficient (Wildman–Crippen LogP) is 3.27. The van der Waals surface area contributed by atoms with Crippen molar-refractivity contribution in [1.82, 2.24) is 0 Å². The standard InChI is InChI=1S/C15H29O2.C3H6O3.Na/c1-3-4-5-6-7-8-9-10-11-12-15(17)13-14(2)16;1-2(4)3(5)6;/h13-14,16H,3-12H2,1-2H3;2,4H,1H3,(H,5,6);. The van der Waals surface area contributed by atoms with Gasteiger partial charge in [0.05, 0.1) is 0 Å². The maximum absolute atomic E-state index is 11.7. The number of carbonyl (C=O) groups excluding carboxylic acids is 1. The number of carboxylic acid groups (broad SMARTS) is 1. The second kappa shape index (κ2) is 17.9. The molecular formula is C18H35NaO5. The van der Waals surface area contributed by atoms with Gasteiger partial charge in [0.1, 0.15) is 6.10 Å². The van der Waals surface area contributed by atoms with Gasteiger partial charge in [0, 0.05) is 0 Å². The number of aliphatic carboxylic acids is 1. The molecule has 0 amide bonds. The summed E-state index contributed by atoms with van der Waals surface area (Å²) in [6.07, 6.45) is 10.6. The van der Waals surface area contributed by atoms with Crippen molar-refractivity contribution < 1.29 is 24.9 Å². The molecule has 0 aromatic heterocycles. The van der Waals surface area contributed by atoms with Crippen LogP contribution in [0.15, 0.2) is 0 Å². The van der Waals surface area contributed by atoms with Crippen molar-refractivity contribution in [3.05, 3.63) is 0 Å². The fraction of sp³-hybridized carbons (Fsp3) is 0.889. The summed E-state index contributed by atoms with van der Waals surface area (Å²) in [5.74, 6) is -0.908. The first-order valence-corrected chi connectivity index (χ1v) is 10.5. The molecule has 0 aliphatic rings. The molecule has 0 heterocycles. The molecule has 138 valence electrons. The van der Waals surface area contributed by atoms with Crippen molar-refractivity contribution in [2.24, 2.45) is 0 Å². The van der Waals surface area contributed by atoms with E-state index in [0.717, 1.165) is 34.4 Å². The number of carboxylic acids is 1. The molecule has 0 spiro atoms. The summed E-state index contributed by atoms with van der Waals surface area (Å²) in [6, 6.07) is 0. The Morgan fingerprint density at radius 2 is 1.25 bits per heavy atom. The predicted molar refractivity (Wildman–Crippen MR) is 97.4 cm³/mol. The van der Waals surface area contributed by atoms with E-state index >= 15 is 0 Å². The minimum absolute atomic E-state index is 0.0564. The van der Waals surface area contributed by atoms with Crippen LogP contribution in [0, 0.1) is 0 Å². The number of Topliss-reactive ketones (excluding diaryl/α,β-unsaturated/α-hetero) is 1. The molecular weight excluding hydrogens is 319 g/mol. The van der Waals surface area contributed by atoms with E-state index in [0.29, 0.717) is 6.42 Å². The average molecular weight is 354 g/mol. The monoisotopic (exact) mass is 354 g/mol. The SMILES string of the molecule is CC(O)C(=O)O.CCCCCCCCCCCC(=O)[CH]([Na])C(C)O. The number of hydrogen-bond acceptors (Lipinski definition) is 4. The molecule has 0 bridgehead atoms. The van der Waals surface area contributed by atoms with Gasteiger partial charge in [-0.25, -0.2) is 4.79 Å². The van der Waals surface area contributed by atoms with Gasteiger partial charge in [-0.15, -0.1) is 0 Å². The molecule has 0 aromatic rings. The molecule has 0 radical (unpaired) electrons. The van der Waals surface area contributed by atoms with Gasteiger partial charge in [-0.3, -0.25) is 0 Å². The van der Waals surface area contributed by atoms with Crippen molar-refractivity contribution >= 4 is 39.7 Å². The Balaban J connectivity index is 0. The van der Waals surface area contributed by atoms with Crippen LogP contribution in [-0.4, -0.2) is 67.2 Å². The van der Waals surface area contributed by atoms with E-state index in [2.05, 4.69) is 6.92 Å². The number of ketones is 1. The van der Waals surface area contributed by atoms with Crippen LogP contribution in [0.2, 0.25) is 3.17 Å². The molecule has 0 rings (SSSR count). The van der Waals surface area contributed by atoms with E-state index in [1.165, 1.54) is 58.3 Å². The van der Waals surface area contributed by atoms with Crippen molar-refractivity contribution in [2.75, 3.05) is 0 Å². The fourth-order valence-corrected chi connectivity index (χ4v) is 2.40. The number of aliphatic hydroxyl groups is 2. The number of aliphatic hydroxyl groups excluding tert-OH is 2. The van der Waals surface area contributed by atoms with Crippen molar-refractivity contribution in [3.63, 3.8) is 0 Å². The van der Waals surface area contributed by atoms with Crippen LogP contribution in [0.25, 0.3) is 0 Å². The normalized spacial score (nSPS) is 14.3. The Morgan fingerprint density at radius 1 is 0.875 bits per heavy atom. The molecule has 0 aliphatic heterocycles. The maximum atomic E-state index is 11.7. The zero-order valence-electron chi connectivity index (χ0n) is 16.0. The Labute approximate surface area is 164 Å². The molecule has 0 aliphatic carbocycles. The number of rotatable bonds is 13. The molecule has 5 nitrogen and oxygen atoms in total. The summed E-state index contributed by atoms with van der Waals surface area (Å²) in [6.45, 7) is 5.17. The van der Waals surface area contributed by atoms with Gasteiger partial charge in [-0.2, -0.15) is 0 Å². The summed E-state index contributed by atoms with van der Waals surface area (Å²) < 4.78 is -0.0564. The van der Waals surface area contributed by atoms with E-state index in [-0.39, 0.29) is 8.95 Å².